The lowest BCUT2D eigenvalue weighted by Gasteiger charge is -2.38. The van der Waals surface area contributed by atoms with Crippen LogP contribution in [0.1, 0.15) is 56.7 Å². The van der Waals surface area contributed by atoms with Gasteiger partial charge in [-0.05, 0) is 80.3 Å². The topological polar surface area (TPSA) is 62.7 Å². The first kappa shape index (κ1) is 24.3. The van der Waals surface area contributed by atoms with Crippen LogP contribution in [-0.2, 0) is 4.79 Å². The van der Waals surface area contributed by atoms with Gasteiger partial charge in [0, 0.05) is 42.1 Å². The minimum absolute atomic E-state index is 0.0893. The van der Waals surface area contributed by atoms with Gasteiger partial charge in [0.05, 0.1) is 12.6 Å². The molecule has 0 radical (unpaired) electrons. The molecule has 7 heteroatoms. The number of halogens is 1. The molecule has 2 heterocycles. The summed E-state index contributed by atoms with van der Waals surface area (Å²) in [6, 6.07) is 7.29. The Hall–Kier alpha value is -1.86. The molecule has 1 saturated heterocycles. The maximum atomic E-state index is 15.4. The highest BCUT2D eigenvalue weighted by molar-refractivity contribution is 7.99. The third kappa shape index (κ3) is 6.38. The Morgan fingerprint density at radius 1 is 1.30 bits per heavy atom. The Balaban J connectivity index is 1.35. The van der Waals surface area contributed by atoms with E-state index in [2.05, 4.69) is 21.6 Å². The molecule has 5 nitrogen and oxygen atoms in total. The normalized spacial score (nSPS) is 22.7. The van der Waals surface area contributed by atoms with Crippen LogP contribution in [0.2, 0.25) is 0 Å². The van der Waals surface area contributed by atoms with Crippen molar-refractivity contribution in [3.05, 3.63) is 36.0 Å². The van der Waals surface area contributed by atoms with Crippen LogP contribution in [0.5, 0.6) is 5.75 Å². The zero-order valence-corrected chi connectivity index (χ0v) is 20.2. The second-order valence-electron chi connectivity index (χ2n) is 9.46. The molecule has 180 valence electrons. The number of hydrogen-bond acceptors (Lipinski definition) is 5. The van der Waals surface area contributed by atoms with E-state index >= 15 is 4.39 Å². The first-order valence-corrected chi connectivity index (χ1v) is 13.2. The summed E-state index contributed by atoms with van der Waals surface area (Å²) in [5.74, 6) is 1.40. The second-order valence-corrected chi connectivity index (χ2v) is 10.9. The molecule has 1 aliphatic heterocycles. The summed E-state index contributed by atoms with van der Waals surface area (Å²) in [5, 5.41) is 11.1. The standard InChI is InChI=1S/C26H35FN2O3S/c1-32-20-6-8-25-23(16-20)22(9-11-28-25)24(27)7-5-18-10-12-29(17-19(18)15-26(30)31)13-14-33-21-3-2-4-21/h6,8-9,11,16,18-19,21,24H,2-5,7,10,12-15,17H2,1H3,(H,30,31)/t18-,19+,24-/m1/s1. The number of likely N-dealkylation sites (tertiary alicyclic amines) is 1. The second kappa shape index (κ2) is 11.5. The molecule has 4 rings (SSSR count). The summed E-state index contributed by atoms with van der Waals surface area (Å²) in [6.45, 7) is 2.83. The van der Waals surface area contributed by atoms with Crippen molar-refractivity contribution in [3.63, 3.8) is 0 Å². The monoisotopic (exact) mass is 474 g/mol. The molecule has 3 atom stereocenters. The number of hydrogen-bond donors (Lipinski definition) is 1. The van der Waals surface area contributed by atoms with Crippen LogP contribution in [0.4, 0.5) is 4.39 Å². The Kier molecular flexibility index (Phi) is 8.47. The van der Waals surface area contributed by atoms with E-state index in [9.17, 15) is 9.90 Å². The number of carboxylic acid groups (broad SMARTS) is 1. The van der Waals surface area contributed by atoms with Crippen molar-refractivity contribution in [2.24, 2.45) is 11.8 Å². The fourth-order valence-corrected chi connectivity index (χ4v) is 6.51. The number of methoxy groups -OCH3 is 1. The van der Waals surface area contributed by atoms with Gasteiger partial charge in [-0.25, -0.2) is 4.39 Å². The quantitative estimate of drug-likeness (QED) is 0.449. The van der Waals surface area contributed by atoms with Crippen molar-refractivity contribution in [1.29, 1.82) is 0 Å². The predicted octanol–water partition coefficient (Wildman–Crippen LogP) is 5.73. The first-order chi connectivity index (χ1) is 16.0. The summed E-state index contributed by atoms with van der Waals surface area (Å²) in [5.41, 5.74) is 1.40. The number of rotatable bonds is 11. The molecule has 1 saturated carbocycles. The van der Waals surface area contributed by atoms with Crippen molar-refractivity contribution in [1.82, 2.24) is 9.88 Å². The van der Waals surface area contributed by atoms with Crippen molar-refractivity contribution < 1.29 is 19.0 Å². The van der Waals surface area contributed by atoms with Crippen molar-refractivity contribution >= 4 is 28.6 Å². The van der Waals surface area contributed by atoms with E-state index in [1.807, 2.05) is 18.2 Å². The average Bonchev–Trinajstić information content (AvgIpc) is 2.78. The van der Waals surface area contributed by atoms with Gasteiger partial charge in [0.1, 0.15) is 11.9 Å². The zero-order valence-electron chi connectivity index (χ0n) is 19.4. The summed E-state index contributed by atoms with van der Waals surface area (Å²) in [6.07, 6.45) is 6.83. The van der Waals surface area contributed by atoms with Gasteiger partial charge < -0.3 is 14.7 Å². The molecule has 1 N–H and O–H groups in total. The average molecular weight is 475 g/mol. The molecule has 1 aromatic carbocycles. The van der Waals surface area contributed by atoms with Crippen molar-refractivity contribution in [2.75, 3.05) is 32.5 Å². The summed E-state index contributed by atoms with van der Waals surface area (Å²) >= 11 is 2.07. The predicted molar refractivity (Wildman–Crippen MR) is 132 cm³/mol. The Morgan fingerprint density at radius 2 is 2.15 bits per heavy atom. The highest BCUT2D eigenvalue weighted by Crippen LogP contribution is 2.37. The van der Waals surface area contributed by atoms with Crippen LogP contribution in [0, 0.1) is 11.8 Å². The lowest BCUT2D eigenvalue weighted by Crippen LogP contribution is -2.42. The molecule has 1 aromatic heterocycles. The highest BCUT2D eigenvalue weighted by Gasteiger charge is 2.31. The summed E-state index contributed by atoms with van der Waals surface area (Å²) in [4.78, 5) is 18.3. The third-order valence-corrected chi connectivity index (χ3v) is 8.70. The number of aromatic nitrogens is 1. The molecule has 2 aromatic rings. The fraction of sp³-hybridized carbons (Fsp3) is 0.615. The smallest absolute Gasteiger partial charge is 0.303 e. The maximum Gasteiger partial charge on any atom is 0.303 e. The number of carbonyl (C=O) groups is 1. The molecule has 2 fully saturated rings. The van der Waals surface area contributed by atoms with E-state index in [-0.39, 0.29) is 18.3 Å². The largest absolute Gasteiger partial charge is 0.497 e. The molecule has 0 amide bonds. The van der Waals surface area contributed by atoms with Gasteiger partial charge >= 0.3 is 5.97 Å². The SMILES string of the molecule is COc1ccc2nccc([C@H](F)CC[C@@H]3CCN(CCSC4CCC4)C[C@@H]3CC(=O)O)c2c1. The van der Waals surface area contributed by atoms with Gasteiger partial charge in [-0.2, -0.15) is 11.8 Å². The zero-order chi connectivity index (χ0) is 23.2. The number of ether oxygens (including phenoxy) is 1. The number of pyridine rings is 1. The van der Waals surface area contributed by atoms with E-state index in [1.54, 1.807) is 19.4 Å². The molecular weight excluding hydrogens is 439 g/mol. The molecular formula is C26H35FN2O3S. The van der Waals surface area contributed by atoms with E-state index in [0.29, 0.717) is 24.2 Å². The number of thioether (sulfide) groups is 1. The van der Waals surface area contributed by atoms with E-state index < -0.39 is 12.1 Å². The number of benzene rings is 1. The van der Waals surface area contributed by atoms with E-state index in [4.69, 9.17) is 4.74 Å². The number of fused-ring (bicyclic) bond motifs is 1. The van der Waals surface area contributed by atoms with Gasteiger partial charge in [-0.15, -0.1) is 0 Å². The van der Waals surface area contributed by atoms with Crippen LogP contribution in [0.15, 0.2) is 30.5 Å². The molecule has 2 aliphatic rings. The van der Waals surface area contributed by atoms with Crippen LogP contribution in [0.3, 0.4) is 0 Å². The van der Waals surface area contributed by atoms with Crippen molar-refractivity contribution in [2.45, 2.75) is 56.4 Å². The van der Waals surface area contributed by atoms with E-state index in [1.165, 1.54) is 19.3 Å². The van der Waals surface area contributed by atoms with Crippen LogP contribution < -0.4 is 4.74 Å². The number of aliphatic carboxylic acids is 1. The summed E-state index contributed by atoms with van der Waals surface area (Å²) < 4.78 is 20.7. The molecule has 33 heavy (non-hydrogen) atoms. The van der Waals surface area contributed by atoms with Crippen molar-refractivity contribution in [3.8, 4) is 5.75 Å². The van der Waals surface area contributed by atoms with Gasteiger partial charge in [0.25, 0.3) is 0 Å². The van der Waals surface area contributed by atoms with Gasteiger partial charge in [-0.3, -0.25) is 9.78 Å². The fourth-order valence-electron chi connectivity index (χ4n) is 5.14. The number of piperidine rings is 1. The Labute approximate surface area is 200 Å². The maximum absolute atomic E-state index is 15.4. The molecule has 0 bridgehead atoms. The van der Waals surface area contributed by atoms with Crippen LogP contribution in [-0.4, -0.2) is 58.7 Å². The Morgan fingerprint density at radius 3 is 2.88 bits per heavy atom. The number of carboxylic acids is 1. The molecule has 0 unspecified atom stereocenters. The minimum Gasteiger partial charge on any atom is -0.497 e. The van der Waals surface area contributed by atoms with Gasteiger partial charge in [0.2, 0.25) is 0 Å². The Bertz CT molecular complexity index is 939. The molecule has 1 aliphatic carbocycles. The van der Waals surface area contributed by atoms with Gasteiger partial charge in [0.15, 0.2) is 0 Å². The van der Waals surface area contributed by atoms with Gasteiger partial charge in [-0.1, -0.05) is 6.42 Å². The minimum atomic E-state index is -1.11. The highest BCUT2D eigenvalue weighted by atomic mass is 32.2. The third-order valence-electron chi connectivity index (χ3n) is 7.34. The first-order valence-electron chi connectivity index (χ1n) is 12.2. The lowest BCUT2D eigenvalue weighted by atomic mass is 9.79. The van der Waals surface area contributed by atoms with E-state index in [0.717, 1.165) is 48.0 Å². The van der Waals surface area contributed by atoms with Crippen LogP contribution >= 0.6 is 11.8 Å². The molecule has 0 spiro atoms. The number of nitrogens with zero attached hydrogens (tertiary/aromatic N) is 2. The lowest BCUT2D eigenvalue weighted by molar-refractivity contribution is -0.139. The number of alkyl halides is 1. The van der Waals surface area contributed by atoms with Crippen LogP contribution in [0.25, 0.3) is 10.9 Å². The summed E-state index contributed by atoms with van der Waals surface area (Å²) in [7, 11) is 1.60.